The molecule has 1 N–H and O–H groups in total. The Morgan fingerprint density at radius 2 is 1.65 bits per heavy atom. The summed E-state index contributed by atoms with van der Waals surface area (Å²) in [4.78, 5) is 16.4. The average Bonchev–Trinajstić information content (AvgIpc) is 2.53. The first kappa shape index (κ1) is 17.0. The van der Waals surface area contributed by atoms with E-state index in [4.69, 9.17) is 0 Å². The van der Waals surface area contributed by atoms with Crippen LogP contribution >= 0.6 is 0 Å². The predicted octanol–water partition coefficient (Wildman–Crippen LogP) is 3.04. The van der Waals surface area contributed by atoms with Crippen molar-refractivity contribution in [3.8, 4) is 5.75 Å². The van der Waals surface area contributed by atoms with Gasteiger partial charge >= 0.3 is 0 Å². The molecule has 4 heteroatoms. The maximum Gasteiger partial charge on any atom is 0.237 e. The second kappa shape index (κ2) is 7.79. The van der Waals surface area contributed by atoms with E-state index >= 15 is 0 Å². The molecule has 0 aliphatic heterocycles. The molecule has 0 unspecified atom stereocenters. The van der Waals surface area contributed by atoms with Crippen molar-refractivity contribution in [1.29, 1.82) is 0 Å². The number of para-hydroxylation sites is 1. The monoisotopic (exact) mass is 312 g/mol. The second-order valence-electron chi connectivity index (χ2n) is 5.97. The van der Waals surface area contributed by atoms with Crippen molar-refractivity contribution in [3.05, 3.63) is 65.7 Å². The second-order valence-corrected chi connectivity index (χ2v) is 5.97. The molecule has 0 saturated heterocycles. The number of carbonyl (C=O) groups excluding carboxylic acids is 1. The van der Waals surface area contributed by atoms with Crippen molar-refractivity contribution in [2.45, 2.75) is 19.5 Å². The normalized spacial score (nSPS) is 12.2. The number of phenols is 1. The maximum absolute atomic E-state index is 12.7. The SMILES string of the molecule is C[C@H](c1ccccc1)N(Cc1ccccc1O)C(=O)CN(C)C. The first-order chi connectivity index (χ1) is 11.0. The van der Waals surface area contributed by atoms with E-state index in [0.717, 1.165) is 11.1 Å². The van der Waals surface area contributed by atoms with E-state index in [1.54, 1.807) is 12.1 Å². The summed E-state index contributed by atoms with van der Waals surface area (Å²) in [6, 6.07) is 17.0. The minimum absolute atomic E-state index is 0.0367. The highest BCUT2D eigenvalue weighted by Crippen LogP contribution is 2.25. The number of carbonyl (C=O) groups is 1. The fraction of sp³-hybridized carbons (Fsp3) is 0.316. The van der Waals surface area contributed by atoms with Crippen LogP contribution < -0.4 is 0 Å². The van der Waals surface area contributed by atoms with E-state index in [1.807, 2.05) is 73.3 Å². The Morgan fingerprint density at radius 3 is 2.26 bits per heavy atom. The van der Waals surface area contributed by atoms with Crippen molar-refractivity contribution in [3.63, 3.8) is 0 Å². The van der Waals surface area contributed by atoms with Crippen LogP contribution in [0.25, 0.3) is 0 Å². The summed E-state index contributed by atoms with van der Waals surface area (Å²) in [5.74, 6) is 0.255. The molecule has 0 aliphatic carbocycles. The Balaban J connectivity index is 2.28. The highest BCUT2D eigenvalue weighted by molar-refractivity contribution is 5.78. The number of likely N-dealkylation sites (N-methyl/N-ethyl adjacent to an activating group) is 1. The lowest BCUT2D eigenvalue weighted by Crippen LogP contribution is -2.39. The Kier molecular flexibility index (Phi) is 5.77. The molecule has 0 spiro atoms. The number of aromatic hydroxyl groups is 1. The van der Waals surface area contributed by atoms with E-state index in [0.29, 0.717) is 13.1 Å². The molecule has 2 rings (SSSR count). The fourth-order valence-electron chi connectivity index (χ4n) is 2.54. The molecular formula is C19H24N2O2. The molecule has 0 aromatic heterocycles. The Hall–Kier alpha value is -2.33. The number of benzene rings is 2. The third kappa shape index (κ3) is 4.57. The summed E-state index contributed by atoms with van der Waals surface area (Å²) in [6.07, 6.45) is 0. The van der Waals surface area contributed by atoms with E-state index in [-0.39, 0.29) is 17.7 Å². The van der Waals surface area contributed by atoms with Gasteiger partial charge < -0.3 is 14.9 Å². The molecule has 4 nitrogen and oxygen atoms in total. The Morgan fingerprint density at radius 1 is 1.04 bits per heavy atom. The van der Waals surface area contributed by atoms with E-state index in [2.05, 4.69) is 0 Å². The number of nitrogens with zero attached hydrogens (tertiary/aromatic N) is 2. The molecule has 1 atom stereocenters. The molecule has 0 radical (unpaired) electrons. The van der Waals surface area contributed by atoms with Crippen LogP contribution in [-0.4, -0.2) is 41.5 Å². The molecule has 0 heterocycles. The minimum Gasteiger partial charge on any atom is -0.508 e. The van der Waals surface area contributed by atoms with Gasteiger partial charge in [0.15, 0.2) is 0 Å². The fourth-order valence-corrected chi connectivity index (χ4v) is 2.54. The van der Waals surface area contributed by atoms with Gasteiger partial charge in [-0.1, -0.05) is 48.5 Å². The Labute approximate surface area is 138 Å². The van der Waals surface area contributed by atoms with Crippen LogP contribution in [0, 0.1) is 0 Å². The zero-order chi connectivity index (χ0) is 16.8. The lowest BCUT2D eigenvalue weighted by atomic mass is 10.1. The van der Waals surface area contributed by atoms with Gasteiger partial charge in [0.2, 0.25) is 5.91 Å². The van der Waals surface area contributed by atoms with Gasteiger partial charge in [-0.05, 0) is 32.6 Å². The van der Waals surface area contributed by atoms with Crippen LogP contribution in [-0.2, 0) is 11.3 Å². The lowest BCUT2D eigenvalue weighted by Gasteiger charge is -2.31. The molecule has 0 bridgehead atoms. The van der Waals surface area contributed by atoms with E-state index < -0.39 is 0 Å². The van der Waals surface area contributed by atoms with Crippen molar-refractivity contribution < 1.29 is 9.90 Å². The van der Waals surface area contributed by atoms with Crippen LogP contribution in [0.3, 0.4) is 0 Å². The predicted molar refractivity (Wildman–Crippen MR) is 92.1 cm³/mol. The summed E-state index contributed by atoms with van der Waals surface area (Å²) in [5.41, 5.74) is 1.83. The highest BCUT2D eigenvalue weighted by Gasteiger charge is 2.22. The molecule has 0 saturated carbocycles. The lowest BCUT2D eigenvalue weighted by molar-refractivity contribution is -0.134. The zero-order valence-electron chi connectivity index (χ0n) is 13.9. The Bertz CT molecular complexity index is 641. The standard InChI is InChI=1S/C19H24N2O2/c1-15(16-9-5-4-6-10-16)21(19(23)14-20(2)3)13-17-11-7-8-12-18(17)22/h4-12,15,22H,13-14H2,1-3H3/t15-/m1/s1. The van der Waals surface area contributed by atoms with Crippen molar-refractivity contribution in [1.82, 2.24) is 9.80 Å². The summed E-state index contributed by atoms with van der Waals surface area (Å²) < 4.78 is 0. The quantitative estimate of drug-likeness (QED) is 0.891. The number of amides is 1. The smallest absolute Gasteiger partial charge is 0.237 e. The largest absolute Gasteiger partial charge is 0.508 e. The van der Waals surface area contributed by atoms with Crippen LogP contribution in [0.15, 0.2) is 54.6 Å². The molecular weight excluding hydrogens is 288 g/mol. The third-order valence-corrected chi connectivity index (χ3v) is 3.85. The maximum atomic E-state index is 12.7. The van der Waals surface area contributed by atoms with Crippen LogP contribution in [0.1, 0.15) is 24.1 Å². The van der Waals surface area contributed by atoms with E-state index in [9.17, 15) is 9.90 Å². The number of hydrogen-bond donors (Lipinski definition) is 1. The van der Waals surface area contributed by atoms with Crippen LogP contribution in [0.2, 0.25) is 0 Å². The number of phenolic OH excluding ortho intramolecular Hbond substituents is 1. The van der Waals surface area contributed by atoms with E-state index in [1.165, 1.54) is 0 Å². The van der Waals surface area contributed by atoms with Gasteiger partial charge in [0.05, 0.1) is 12.6 Å². The molecule has 1 amide bonds. The molecule has 2 aromatic rings. The first-order valence-corrected chi connectivity index (χ1v) is 7.75. The first-order valence-electron chi connectivity index (χ1n) is 7.75. The molecule has 2 aromatic carbocycles. The van der Waals surface area contributed by atoms with Gasteiger partial charge in [-0.2, -0.15) is 0 Å². The zero-order valence-corrected chi connectivity index (χ0v) is 13.9. The topological polar surface area (TPSA) is 43.8 Å². The van der Waals surface area contributed by atoms with Gasteiger partial charge in [-0.15, -0.1) is 0 Å². The number of hydrogen-bond acceptors (Lipinski definition) is 3. The van der Waals surface area contributed by atoms with Gasteiger partial charge in [-0.25, -0.2) is 0 Å². The van der Waals surface area contributed by atoms with Crippen LogP contribution in [0.4, 0.5) is 0 Å². The van der Waals surface area contributed by atoms with Gasteiger partial charge in [-0.3, -0.25) is 4.79 Å². The molecule has 122 valence electrons. The summed E-state index contributed by atoms with van der Waals surface area (Å²) in [5, 5.41) is 10.0. The van der Waals surface area contributed by atoms with Gasteiger partial charge in [0.25, 0.3) is 0 Å². The van der Waals surface area contributed by atoms with Crippen molar-refractivity contribution in [2.75, 3.05) is 20.6 Å². The van der Waals surface area contributed by atoms with Gasteiger partial charge in [0, 0.05) is 12.1 Å². The summed E-state index contributed by atoms with van der Waals surface area (Å²) in [6.45, 7) is 2.74. The molecule has 0 fully saturated rings. The summed E-state index contributed by atoms with van der Waals surface area (Å²) in [7, 11) is 3.76. The number of rotatable bonds is 6. The highest BCUT2D eigenvalue weighted by atomic mass is 16.3. The van der Waals surface area contributed by atoms with Crippen molar-refractivity contribution in [2.24, 2.45) is 0 Å². The minimum atomic E-state index is -0.0664. The molecule has 0 aliphatic rings. The molecule has 23 heavy (non-hydrogen) atoms. The van der Waals surface area contributed by atoms with Crippen LogP contribution in [0.5, 0.6) is 5.75 Å². The third-order valence-electron chi connectivity index (χ3n) is 3.85. The van der Waals surface area contributed by atoms with Crippen molar-refractivity contribution >= 4 is 5.91 Å². The summed E-state index contributed by atoms with van der Waals surface area (Å²) >= 11 is 0. The average molecular weight is 312 g/mol. The van der Waals surface area contributed by atoms with Gasteiger partial charge in [0.1, 0.15) is 5.75 Å².